The van der Waals surface area contributed by atoms with Crippen molar-refractivity contribution in [2.45, 2.75) is 0 Å². The lowest BCUT2D eigenvalue weighted by Crippen LogP contribution is -2.53. The maximum Gasteiger partial charge on any atom is 0.288 e. The molecule has 6 nitrogen and oxygen atoms in total. The summed E-state index contributed by atoms with van der Waals surface area (Å²) in [6.45, 7) is 0. The number of ether oxygens (including phenoxy) is 1. The minimum atomic E-state index is -0.621. The van der Waals surface area contributed by atoms with E-state index in [0.29, 0.717) is 16.9 Å². The number of amidine groups is 1. The molecule has 0 saturated carbocycles. The van der Waals surface area contributed by atoms with Crippen LogP contribution in [0.2, 0.25) is 0 Å². The van der Waals surface area contributed by atoms with Crippen molar-refractivity contribution in [3.8, 4) is 5.75 Å². The Morgan fingerprint density at radius 2 is 1.68 bits per heavy atom. The highest BCUT2D eigenvalue weighted by Gasteiger charge is 2.30. The summed E-state index contributed by atoms with van der Waals surface area (Å²) in [5, 5.41) is 1.10. The van der Waals surface area contributed by atoms with Crippen molar-refractivity contribution in [3.05, 3.63) is 107 Å². The van der Waals surface area contributed by atoms with Gasteiger partial charge in [-0.2, -0.15) is 5.01 Å². The van der Waals surface area contributed by atoms with Crippen molar-refractivity contribution in [2.24, 2.45) is 4.99 Å². The lowest BCUT2D eigenvalue weighted by atomic mass is 10.1. The molecule has 4 rings (SSSR count). The minimum Gasteiger partial charge on any atom is -0.497 e. The zero-order valence-electron chi connectivity index (χ0n) is 16.6. The Morgan fingerprint density at radius 1 is 1.00 bits per heavy atom. The second-order valence-corrected chi connectivity index (χ2v) is 6.66. The molecule has 0 fully saturated rings. The Labute approximate surface area is 178 Å². The monoisotopic (exact) mass is 415 g/mol. The number of hydrogen-bond donors (Lipinski definition) is 1. The van der Waals surface area contributed by atoms with Gasteiger partial charge in [0.05, 0.1) is 7.11 Å². The van der Waals surface area contributed by atoms with Gasteiger partial charge in [0.1, 0.15) is 17.3 Å². The first-order valence-corrected chi connectivity index (χ1v) is 9.46. The van der Waals surface area contributed by atoms with Gasteiger partial charge in [0.25, 0.3) is 11.8 Å². The standard InChI is InChI=1S/C24H18FN3O3/c1-31-19-13-11-17(12-14-19)24(30)28-22(16-7-3-2-4-8-16)26-21(23(29)27-28)15-18-9-5-6-10-20(18)25/h2-15H,1H3,(H,27,29)/b21-15-. The van der Waals surface area contributed by atoms with Gasteiger partial charge in [0.2, 0.25) is 0 Å². The number of carbonyl (C=O) groups excluding carboxylic acids is 2. The van der Waals surface area contributed by atoms with Crippen molar-refractivity contribution in [1.82, 2.24) is 10.4 Å². The summed E-state index contributed by atoms with van der Waals surface area (Å²) in [5.41, 5.74) is 3.74. The lowest BCUT2D eigenvalue weighted by molar-refractivity contribution is -0.120. The fraction of sp³-hybridized carbons (Fsp3) is 0.0417. The Hall–Kier alpha value is -4.26. The summed E-state index contributed by atoms with van der Waals surface area (Å²) in [6, 6.07) is 21.5. The van der Waals surface area contributed by atoms with E-state index in [1.54, 1.807) is 66.7 Å². The van der Waals surface area contributed by atoms with Gasteiger partial charge in [-0.15, -0.1) is 0 Å². The van der Waals surface area contributed by atoms with Crippen LogP contribution in [0.5, 0.6) is 5.75 Å². The molecule has 0 atom stereocenters. The van der Waals surface area contributed by atoms with Gasteiger partial charge in [0.15, 0.2) is 5.84 Å². The predicted octanol–water partition coefficient (Wildman–Crippen LogP) is 3.81. The zero-order valence-corrected chi connectivity index (χ0v) is 16.6. The number of hydrogen-bond acceptors (Lipinski definition) is 4. The molecule has 31 heavy (non-hydrogen) atoms. The fourth-order valence-corrected chi connectivity index (χ4v) is 3.05. The van der Waals surface area contributed by atoms with Crippen molar-refractivity contribution in [1.29, 1.82) is 0 Å². The number of aliphatic imine (C=N–C) groups is 1. The van der Waals surface area contributed by atoms with Crippen LogP contribution in [0.3, 0.4) is 0 Å². The molecule has 0 aliphatic carbocycles. The first-order chi connectivity index (χ1) is 15.1. The summed E-state index contributed by atoms with van der Waals surface area (Å²) >= 11 is 0. The molecule has 7 heteroatoms. The Kier molecular flexibility index (Phi) is 5.57. The van der Waals surface area contributed by atoms with E-state index < -0.39 is 17.6 Å². The molecule has 1 aliphatic heterocycles. The second kappa shape index (κ2) is 8.62. The van der Waals surface area contributed by atoms with Crippen LogP contribution in [0, 0.1) is 5.82 Å². The first kappa shape index (κ1) is 20.0. The highest BCUT2D eigenvalue weighted by molar-refractivity contribution is 6.18. The van der Waals surface area contributed by atoms with E-state index in [9.17, 15) is 14.0 Å². The third kappa shape index (κ3) is 4.20. The molecule has 0 bridgehead atoms. The number of amides is 2. The Balaban J connectivity index is 1.78. The van der Waals surface area contributed by atoms with Gasteiger partial charge in [0, 0.05) is 16.7 Å². The molecule has 0 saturated heterocycles. The summed E-state index contributed by atoms with van der Waals surface area (Å²) in [4.78, 5) is 30.3. The molecule has 1 heterocycles. The van der Waals surface area contributed by atoms with Gasteiger partial charge in [-0.3, -0.25) is 15.0 Å². The van der Waals surface area contributed by atoms with E-state index in [4.69, 9.17) is 4.74 Å². The maximum absolute atomic E-state index is 14.1. The number of halogens is 1. The number of hydrazine groups is 1. The molecule has 1 N–H and O–H groups in total. The molecular weight excluding hydrogens is 397 g/mol. The third-order valence-corrected chi connectivity index (χ3v) is 4.65. The van der Waals surface area contributed by atoms with Crippen LogP contribution in [0.15, 0.2) is 89.6 Å². The molecule has 0 aromatic heterocycles. The van der Waals surface area contributed by atoms with Crippen molar-refractivity contribution < 1.29 is 18.7 Å². The van der Waals surface area contributed by atoms with Gasteiger partial charge < -0.3 is 4.74 Å². The molecule has 3 aromatic rings. The number of nitrogens with zero attached hydrogens (tertiary/aromatic N) is 2. The van der Waals surface area contributed by atoms with Crippen LogP contribution in [0.25, 0.3) is 6.08 Å². The highest BCUT2D eigenvalue weighted by atomic mass is 19.1. The smallest absolute Gasteiger partial charge is 0.288 e. The van der Waals surface area contributed by atoms with Crippen LogP contribution in [0.4, 0.5) is 4.39 Å². The highest BCUT2D eigenvalue weighted by Crippen LogP contribution is 2.20. The molecule has 0 radical (unpaired) electrons. The quantitative estimate of drug-likeness (QED) is 0.659. The van der Waals surface area contributed by atoms with Gasteiger partial charge in [-0.25, -0.2) is 9.38 Å². The van der Waals surface area contributed by atoms with Crippen LogP contribution in [0.1, 0.15) is 21.5 Å². The molecule has 0 unspecified atom stereocenters. The van der Waals surface area contributed by atoms with Crippen LogP contribution >= 0.6 is 0 Å². The van der Waals surface area contributed by atoms with Gasteiger partial charge in [-0.1, -0.05) is 48.5 Å². The fourth-order valence-electron chi connectivity index (χ4n) is 3.05. The van der Waals surface area contributed by atoms with Gasteiger partial charge in [-0.05, 0) is 36.4 Å². The second-order valence-electron chi connectivity index (χ2n) is 6.66. The van der Waals surface area contributed by atoms with Gasteiger partial charge >= 0.3 is 0 Å². The lowest BCUT2D eigenvalue weighted by Gasteiger charge is -2.28. The number of benzene rings is 3. The molecular formula is C24H18FN3O3. The summed E-state index contributed by atoms with van der Waals surface area (Å²) in [6.07, 6.45) is 1.35. The summed E-state index contributed by atoms with van der Waals surface area (Å²) < 4.78 is 19.2. The van der Waals surface area contributed by atoms with E-state index >= 15 is 0 Å². The van der Waals surface area contributed by atoms with E-state index in [1.807, 2.05) is 6.07 Å². The molecule has 3 aromatic carbocycles. The number of carbonyl (C=O) groups is 2. The van der Waals surface area contributed by atoms with Crippen LogP contribution < -0.4 is 10.2 Å². The Bertz CT molecular complexity index is 1190. The van der Waals surface area contributed by atoms with Crippen molar-refractivity contribution in [2.75, 3.05) is 7.11 Å². The first-order valence-electron chi connectivity index (χ1n) is 9.46. The average Bonchev–Trinajstić information content (AvgIpc) is 2.81. The largest absolute Gasteiger partial charge is 0.497 e. The predicted molar refractivity (Wildman–Crippen MR) is 115 cm³/mol. The van der Waals surface area contributed by atoms with E-state index in [0.717, 1.165) is 5.01 Å². The molecule has 1 aliphatic rings. The van der Waals surface area contributed by atoms with E-state index in [-0.39, 0.29) is 17.1 Å². The molecule has 2 amide bonds. The van der Waals surface area contributed by atoms with E-state index in [1.165, 1.54) is 19.3 Å². The number of nitrogens with one attached hydrogen (secondary N) is 1. The molecule has 154 valence electrons. The normalized spacial score (nSPS) is 14.8. The third-order valence-electron chi connectivity index (χ3n) is 4.65. The topological polar surface area (TPSA) is 71.0 Å². The molecule has 0 spiro atoms. The van der Waals surface area contributed by atoms with Crippen LogP contribution in [-0.4, -0.2) is 29.8 Å². The Morgan fingerprint density at radius 3 is 2.35 bits per heavy atom. The van der Waals surface area contributed by atoms with E-state index in [2.05, 4.69) is 10.4 Å². The average molecular weight is 415 g/mol. The number of methoxy groups -OCH3 is 1. The minimum absolute atomic E-state index is 0.0114. The van der Waals surface area contributed by atoms with Crippen molar-refractivity contribution in [3.63, 3.8) is 0 Å². The maximum atomic E-state index is 14.1. The summed E-state index contributed by atoms with van der Waals surface area (Å²) in [7, 11) is 1.53. The SMILES string of the molecule is COc1ccc(C(=O)N2NC(=O)/C(=C/c3ccccc3F)N=C2c2ccccc2)cc1. The number of rotatable bonds is 4. The zero-order chi connectivity index (χ0) is 21.8. The van der Waals surface area contributed by atoms with Crippen molar-refractivity contribution >= 4 is 23.7 Å². The summed E-state index contributed by atoms with van der Waals surface area (Å²) in [5.74, 6) is -0.737. The van der Waals surface area contributed by atoms with Crippen LogP contribution in [-0.2, 0) is 4.79 Å².